The number of carbonyl (C=O) groups excluding carboxylic acids is 1. The molecule has 0 atom stereocenters. The van der Waals surface area contributed by atoms with Crippen molar-refractivity contribution in [1.29, 1.82) is 0 Å². The van der Waals surface area contributed by atoms with E-state index in [1.165, 1.54) is 21.8 Å². The second kappa shape index (κ2) is 9.38. The minimum absolute atomic E-state index is 0.0436. The Labute approximate surface area is 172 Å². The normalized spacial score (nSPS) is 20.0. The maximum absolute atomic E-state index is 13.8. The number of ether oxygens (including phenoxy) is 1. The van der Waals surface area contributed by atoms with Gasteiger partial charge >= 0.3 is 0 Å². The van der Waals surface area contributed by atoms with Crippen LogP contribution in [0.2, 0.25) is 0 Å². The van der Waals surface area contributed by atoms with Crippen molar-refractivity contribution in [2.24, 2.45) is 0 Å². The fraction of sp³-hybridized carbons (Fsp3) is 0.632. The topological polar surface area (TPSA) is 73.4 Å². The summed E-state index contributed by atoms with van der Waals surface area (Å²) in [5.41, 5.74) is 0.730. The summed E-state index contributed by atoms with van der Waals surface area (Å²) in [5.74, 6) is -0.309. The maximum Gasteiger partial charge on any atom is 0.282 e. The molecule has 0 aliphatic carbocycles. The van der Waals surface area contributed by atoms with Crippen LogP contribution in [-0.4, -0.2) is 99.3 Å². The van der Waals surface area contributed by atoms with E-state index in [1.807, 2.05) is 7.05 Å². The Morgan fingerprint density at radius 3 is 2.17 bits per heavy atom. The number of piperazine rings is 2. The average Bonchev–Trinajstić information content (AvgIpc) is 2.72. The molecule has 162 valence electrons. The van der Waals surface area contributed by atoms with Crippen molar-refractivity contribution >= 4 is 16.1 Å². The number of benzene rings is 1. The van der Waals surface area contributed by atoms with E-state index >= 15 is 0 Å². The zero-order valence-electron chi connectivity index (χ0n) is 17.0. The first-order valence-electron chi connectivity index (χ1n) is 9.85. The highest BCUT2D eigenvalue weighted by molar-refractivity contribution is 7.86. The van der Waals surface area contributed by atoms with E-state index in [-0.39, 0.29) is 18.1 Å². The molecule has 1 amide bonds. The third kappa shape index (κ3) is 5.25. The van der Waals surface area contributed by atoms with Gasteiger partial charge in [0.1, 0.15) is 0 Å². The molecule has 0 unspecified atom stereocenters. The molecule has 2 heterocycles. The van der Waals surface area contributed by atoms with Crippen LogP contribution in [-0.2, 0) is 21.4 Å². The molecule has 2 aliphatic rings. The molecule has 2 aliphatic heterocycles. The highest BCUT2D eigenvalue weighted by Crippen LogP contribution is 2.19. The van der Waals surface area contributed by atoms with E-state index in [9.17, 15) is 17.6 Å². The molecule has 0 bridgehead atoms. The van der Waals surface area contributed by atoms with Gasteiger partial charge in [0.15, 0.2) is 11.6 Å². The number of hydrogen-bond donors (Lipinski definition) is 0. The molecule has 0 N–H and O–H groups in total. The smallest absolute Gasteiger partial charge is 0.282 e. The van der Waals surface area contributed by atoms with Gasteiger partial charge in [0.25, 0.3) is 10.2 Å². The predicted octanol–water partition coefficient (Wildman–Crippen LogP) is 0.403. The molecule has 3 rings (SSSR count). The van der Waals surface area contributed by atoms with Crippen molar-refractivity contribution in [3.63, 3.8) is 0 Å². The molecule has 1 aromatic rings. The van der Waals surface area contributed by atoms with Crippen molar-refractivity contribution in [2.75, 3.05) is 66.5 Å². The fourth-order valence-electron chi connectivity index (χ4n) is 3.63. The Bertz CT molecular complexity index is 819. The van der Waals surface area contributed by atoms with Gasteiger partial charge in [-0.25, -0.2) is 4.39 Å². The van der Waals surface area contributed by atoms with Crippen LogP contribution in [0.15, 0.2) is 18.2 Å². The molecule has 29 heavy (non-hydrogen) atoms. The first kappa shape index (κ1) is 21.9. The van der Waals surface area contributed by atoms with Crippen molar-refractivity contribution in [2.45, 2.75) is 12.8 Å². The average molecular weight is 429 g/mol. The van der Waals surface area contributed by atoms with Crippen LogP contribution in [0.3, 0.4) is 0 Å². The number of methoxy groups -OCH3 is 1. The van der Waals surface area contributed by atoms with Crippen molar-refractivity contribution in [3.8, 4) is 5.75 Å². The second-order valence-corrected chi connectivity index (χ2v) is 9.39. The first-order chi connectivity index (χ1) is 13.8. The van der Waals surface area contributed by atoms with Crippen LogP contribution in [0.25, 0.3) is 0 Å². The lowest BCUT2D eigenvalue weighted by atomic mass is 10.1. The van der Waals surface area contributed by atoms with Gasteiger partial charge < -0.3 is 14.5 Å². The van der Waals surface area contributed by atoms with Crippen molar-refractivity contribution < 1.29 is 22.3 Å². The number of amides is 1. The van der Waals surface area contributed by atoms with Gasteiger partial charge in [0, 0.05) is 58.8 Å². The van der Waals surface area contributed by atoms with Gasteiger partial charge in [-0.05, 0) is 31.2 Å². The van der Waals surface area contributed by atoms with Crippen molar-refractivity contribution in [3.05, 3.63) is 29.6 Å². The summed E-state index contributed by atoms with van der Waals surface area (Å²) in [6, 6.07) is 4.68. The Kier molecular flexibility index (Phi) is 7.10. The largest absolute Gasteiger partial charge is 0.494 e. The molecule has 0 saturated carbocycles. The molecule has 8 nitrogen and oxygen atoms in total. The summed E-state index contributed by atoms with van der Waals surface area (Å²) in [6.07, 6.45) is 0.691. The number of nitrogens with zero attached hydrogens (tertiary/aromatic N) is 4. The molecule has 0 radical (unpaired) electrons. The van der Waals surface area contributed by atoms with Gasteiger partial charge in [-0.1, -0.05) is 6.07 Å². The number of likely N-dealkylation sites (N-methyl/N-ethyl adjacent to an activating group) is 1. The number of carbonyl (C=O) groups is 1. The molecular weight excluding hydrogens is 399 g/mol. The van der Waals surface area contributed by atoms with E-state index in [1.54, 1.807) is 17.0 Å². The van der Waals surface area contributed by atoms with Crippen LogP contribution in [0.4, 0.5) is 4.39 Å². The summed E-state index contributed by atoms with van der Waals surface area (Å²) in [7, 11) is -0.0871. The van der Waals surface area contributed by atoms with E-state index in [2.05, 4.69) is 4.90 Å². The van der Waals surface area contributed by atoms with Crippen molar-refractivity contribution in [1.82, 2.24) is 18.4 Å². The van der Waals surface area contributed by atoms with Crippen LogP contribution >= 0.6 is 0 Å². The lowest BCUT2D eigenvalue weighted by Crippen LogP contribution is -2.57. The van der Waals surface area contributed by atoms with Crippen LogP contribution in [0.1, 0.15) is 12.0 Å². The number of rotatable bonds is 6. The lowest BCUT2D eigenvalue weighted by Gasteiger charge is -2.39. The molecule has 0 aromatic heterocycles. The highest BCUT2D eigenvalue weighted by atomic mass is 32.2. The minimum Gasteiger partial charge on any atom is -0.494 e. The molecule has 1 aromatic carbocycles. The molecule has 0 spiro atoms. The quantitative estimate of drug-likeness (QED) is 0.656. The third-order valence-electron chi connectivity index (χ3n) is 5.55. The summed E-state index contributed by atoms with van der Waals surface area (Å²) in [4.78, 5) is 16.3. The summed E-state index contributed by atoms with van der Waals surface area (Å²) in [5, 5.41) is 0. The Balaban J connectivity index is 1.48. The summed E-state index contributed by atoms with van der Waals surface area (Å²) >= 11 is 0. The standard InChI is InChI=1S/C19H29FN4O4S/c1-21-7-11-23(12-8-21)29(26,27)24-13-9-22(10-14-24)19(25)6-4-16-3-5-18(28-2)17(20)15-16/h3,5,15H,4,6-14H2,1-2H3. The van der Waals surface area contributed by atoms with Crippen LogP contribution < -0.4 is 4.74 Å². The zero-order chi connectivity index (χ0) is 21.0. The molecular formula is C19H29FN4O4S. The van der Waals surface area contributed by atoms with Crippen LogP contribution in [0, 0.1) is 5.82 Å². The minimum atomic E-state index is -3.48. The van der Waals surface area contributed by atoms with Gasteiger partial charge in [-0.3, -0.25) is 4.79 Å². The van der Waals surface area contributed by atoms with E-state index in [0.717, 1.165) is 18.7 Å². The monoisotopic (exact) mass is 428 g/mol. The number of hydrogen-bond acceptors (Lipinski definition) is 5. The first-order valence-corrected chi connectivity index (χ1v) is 11.2. The van der Waals surface area contributed by atoms with E-state index < -0.39 is 16.0 Å². The molecule has 2 saturated heterocycles. The van der Waals surface area contributed by atoms with Gasteiger partial charge in [-0.15, -0.1) is 0 Å². The molecule has 2 fully saturated rings. The SMILES string of the molecule is COc1ccc(CCC(=O)N2CCN(S(=O)(=O)N3CCN(C)CC3)CC2)cc1F. The number of halogens is 1. The number of aryl methyl sites for hydroxylation is 1. The Hall–Kier alpha value is -1.75. The van der Waals surface area contributed by atoms with Gasteiger partial charge in [0.2, 0.25) is 5.91 Å². The zero-order valence-corrected chi connectivity index (χ0v) is 17.8. The fourth-order valence-corrected chi connectivity index (χ4v) is 5.20. The summed E-state index contributed by atoms with van der Waals surface area (Å²) in [6.45, 7) is 3.81. The maximum atomic E-state index is 13.8. The highest BCUT2D eigenvalue weighted by Gasteiger charge is 2.34. The lowest BCUT2D eigenvalue weighted by molar-refractivity contribution is -0.132. The Morgan fingerprint density at radius 1 is 1.03 bits per heavy atom. The second-order valence-electron chi connectivity index (χ2n) is 7.46. The van der Waals surface area contributed by atoms with Gasteiger partial charge in [0.05, 0.1) is 7.11 Å². The predicted molar refractivity (Wildman–Crippen MR) is 107 cm³/mol. The van der Waals surface area contributed by atoms with Crippen LogP contribution in [0.5, 0.6) is 5.75 Å². The van der Waals surface area contributed by atoms with E-state index in [4.69, 9.17) is 4.74 Å². The van der Waals surface area contributed by atoms with Gasteiger partial charge in [-0.2, -0.15) is 17.0 Å². The van der Waals surface area contributed by atoms with E-state index in [0.29, 0.717) is 45.7 Å². The third-order valence-corrected chi connectivity index (χ3v) is 7.59. The summed E-state index contributed by atoms with van der Waals surface area (Å²) < 4.78 is 47.3. The molecule has 10 heteroatoms. The Morgan fingerprint density at radius 2 is 1.62 bits per heavy atom.